The second-order valence-electron chi connectivity index (χ2n) is 3.95. The molecule has 3 heteroatoms. The molecule has 0 N–H and O–H groups in total. The summed E-state index contributed by atoms with van der Waals surface area (Å²) in [4.78, 5) is 22.6. The van der Waals surface area contributed by atoms with Gasteiger partial charge in [-0.3, -0.25) is 9.59 Å². The molecule has 1 saturated carbocycles. The van der Waals surface area contributed by atoms with Crippen LogP contribution >= 0.6 is 0 Å². The van der Waals surface area contributed by atoms with Crippen molar-refractivity contribution in [2.45, 2.75) is 39.5 Å². The number of rotatable bonds is 4. The van der Waals surface area contributed by atoms with Crippen LogP contribution in [0.4, 0.5) is 0 Å². The van der Waals surface area contributed by atoms with E-state index in [4.69, 9.17) is 4.74 Å². The zero-order valence-corrected chi connectivity index (χ0v) is 8.91. The van der Waals surface area contributed by atoms with Gasteiger partial charge in [0.15, 0.2) is 0 Å². The van der Waals surface area contributed by atoms with Crippen LogP contribution in [0.15, 0.2) is 0 Å². The second-order valence-corrected chi connectivity index (χ2v) is 3.95. The third kappa shape index (κ3) is 2.82. The summed E-state index contributed by atoms with van der Waals surface area (Å²) in [5.41, 5.74) is 0. The molecule has 2 unspecified atom stereocenters. The van der Waals surface area contributed by atoms with Crippen molar-refractivity contribution in [3.63, 3.8) is 0 Å². The van der Waals surface area contributed by atoms with Crippen LogP contribution in [0.3, 0.4) is 0 Å². The summed E-state index contributed by atoms with van der Waals surface area (Å²) in [5.74, 6) is 0.380. The van der Waals surface area contributed by atoms with Crippen LogP contribution in [0.5, 0.6) is 0 Å². The van der Waals surface area contributed by atoms with Crippen molar-refractivity contribution in [2.75, 3.05) is 6.61 Å². The first-order chi connectivity index (χ1) is 6.65. The standard InChI is InChI=1S/C11H18O3/c1-3-14-11(13)7-8(2)9-5-4-6-10(9)12/h8-9H,3-7H2,1-2H3. The molecule has 2 atom stereocenters. The number of ether oxygens (including phenoxy) is 1. The van der Waals surface area contributed by atoms with E-state index in [0.29, 0.717) is 25.2 Å². The van der Waals surface area contributed by atoms with E-state index >= 15 is 0 Å². The third-order valence-corrected chi connectivity index (χ3v) is 2.83. The van der Waals surface area contributed by atoms with Gasteiger partial charge in [0.2, 0.25) is 0 Å². The van der Waals surface area contributed by atoms with Gasteiger partial charge < -0.3 is 4.74 Å². The van der Waals surface area contributed by atoms with E-state index < -0.39 is 0 Å². The SMILES string of the molecule is CCOC(=O)CC(C)C1CCCC1=O. The molecule has 0 aromatic rings. The highest BCUT2D eigenvalue weighted by atomic mass is 16.5. The van der Waals surface area contributed by atoms with Crippen LogP contribution in [-0.2, 0) is 14.3 Å². The van der Waals surface area contributed by atoms with E-state index in [9.17, 15) is 9.59 Å². The first kappa shape index (κ1) is 11.2. The van der Waals surface area contributed by atoms with Crippen LogP contribution in [0.25, 0.3) is 0 Å². The monoisotopic (exact) mass is 198 g/mol. The van der Waals surface area contributed by atoms with E-state index in [-0.39, 0.29) is 17.8 Å². The first-order valence-corrected chi connectivity index (χ1v) is 5.33. The summed E-state index contributed by atoms with van der Waals surface area (Å²) < 4.78 is 4.86. The van der Waals surface area contributed by atoms with Crippen molar-refractivity contribution in [1.29, 1.82) is 0 Å². The lowest BCUT2D eigenvalue weighted by molar-refractivity contribution is -0.144. The molecule has 80 valence electrons. The van der Waals surface area contributed by atoms with Gasteiger partial charge in [-0.2, -0.15) is 0 Å². The van der Waals surface area contributed by atoms with Gasteiger partial charge in [-0.25, -0.2) is 0 Å². The molecule has 0 heterocycles. The molecular weight excluding hydrogens is 180 g/mol. The van der Waals surface area contributed by atoms with Gasteiger partial charge in [-0.1, -0.05) is 6.92 Å². The van der Waals surface area contributed by atoms with Gasteiger partial charge in [0.1, 0.15) is 5.78 Å². The minimum atomic E-state index is -0.181. The smallest absolute Gasteiger partial charge is 0.306 e. The highest BCUT2D eigenvalue weighted by Crippen LogP contribution is 2.30. The topological polar surface area (TPSA) is 43.4 Å². The summed E-state index contributed by atoms with van der Waals surface area (Å²) in [5, 5.41) is 0. The second kappa shape index (κ2) is 5.13. The molecule has 0 amide bonds. The van der Waals surface area contributed by atoms with E-state index in [1.807, 2.05) is 6.92 Å². The van der Waals surface area contributed by atoms with Crippen LogP contribution in [-0.4, -0.2) is 18.4 Å². The Balaban J connectivity index is 2.37. The van der Waals surface area contributed by atoms with Crippen molar-refractivity contribution in [1.82, 2.24) is 0 Å². The minimum absolute atomic E-state index is 0.0967. The largest absolute Gasteiger partial charge is 0.466 e. The summed E-state index contributed by atoms with van der Waals surface area (Å²) in [6.45, 7) is 4.18. The maximum absolute atomic E-state index is 11.4. The Morgan fingerprint density at radius 1 is 1.64 bits per heavy atom. The number of esters is 1. The van der Waals surface area contributed by atoms with Crippen molar-refractivity contribution >= 4 is 11.8 Å². The fourth-order valence-corrected chi connectivity index (χ4v) is 2.07. The highest BCUT2D eigenvalue weighted by Gasteiger charge is 2.30. The molecule has 0 aromatic heterocycles. The van der Waals surface area contributed by atoms with Crippen LogP contribution in [0.1, 0.15) is 39.5 Å². The lowest BCUT2D eigenvalue weighted by Gasteiger charge is -2.16. The van der Waals surface area contributed by atoms with Gasteiger partial charge in [-0.05, 0) is 25.7 Å². The number of ketones is 1. The van der Waals surface area contributed by atoms with Crippen molar-refractivity contribution < 1.29 is 14.3 Å². The van der Waals surface area contributed by atoms with Crippen molar-refractivity contribution in [3.05, 3.63) is 0 Å². The summed E-state index contributed by atoms with van der Waals surface area (Å²) in [6, 6.07) is 0. The molecule has 0 bridgehead atoms. The minimum Gasteiger partial charge on any atom is -0.466 e. The Hall–Kier alpha value is -0.860. The Labute approximate surface area is 84.8 Å². The summed E-state index contributed by atoms with van der Waals surface area (Å²) in [6.07, 6.45) is 3.00. The average Bonchev–Trinajstić information content (AvgIpc) is 2.51. The summed E-state index contributed by atoms with van der Waals surface area (Å²) >= 11 is 0. The lowest BCUT2D eigenvalue weighted by atomic mass is 9.89. The molecule has 14 heavy (non-hydrogen) atoms. The third-order valence-electron chi connectivity index (χ3n) is 2.83. The molecule has 1 rings (SSSR count). The number of carbonyl (C=O) groups excluding carboxylic acids is 2. The molecule has 0 aliphatic heterocycles. The quantitative estimate of drug-likeness (QED) is 0.648. The molecule has 1 fully saturated rings. The van der Waals surface area contributed by atoms with Gasteiger partial charge >= 0.3 is 5.97 Å². The predicted molar refractivity (Wildman–Crippen MR) is 52.8 cm³/mol. The Morgan fingerprint density at radius 3 is 2.86 bits per heavy atom. The van der Waals surface area contributed by atoms with E-state index in [0.717, 1.165) is 12.8 Å². The summed E-state index contributed by atoms with van der Waals surface area (Å²) in [7, 11) is 0. The van der Waals surface area contributed by atoms with Crippen LogP contribution < -0.4 is 0 Å². The molecule has 3 nitrogen and oxygen atoms in total. The Bertz CT molecular complexity index is 223. The fourth-order valence-electron chi connectivity index (χ4n) is 2.07. The molecule has 0 aromatic carbocycles. The van der Waals surface area contributed by atoms with Crippen LogP contribution in [0.2, 0.25) is 0 Å². The molecule has 0 saturated heterocycles. The maximum atomic E-state index is 11.4. The number of hydrogen-bond donors (Lipinski definition) is 0. The van der Waals surface area contributed by atoms with Crippen molar-refractivity contribution in [2.24, 2.45) is 11.8 Å². The fraction of sp³-hybridized carbons (Fsp3) is 0.818. The number of Topliss-reactive ketones (excluding diaryl/α,β-unsaturated/α-hetero) is 1. The normalized spacial score (nSPS) is 23.6. The number of hydrogen-bond acceptors (Lipinski definition) is 3. The first-order valence-electron chi connectivity index (χ1n) is 5.33. The lowest BCUT2D eigenvalue weighted by Crippen LogP contribution is -2.20. The van der Waals surface area contributed by atoms with Gasteiger partial charge in [-0.15, -0.1) is 0 Å². The Kier molecular flexibility index (Phi) is 4.11. The van der Waals surface area contributed by atoms with E-state index in [1.54, 1.807) is 6.92 Å². The maximum Gasteiger partial charge on any atom is 0.306 e. The molecular formula is C11H18O3. The zero-order valence-electron chi connectivity index (χ0n) is 8.91. The predicted octanol–water partition coefficient (Wildman–Crippen LogP) is 1.94. The van der Waals surface area contributed by atoms with Crippen LogP contribution in [0, 0.1) is 11.8 Å². The molecule has 0 spiro atoms. The average molecular weight is 198 g/mol. The van der Waals surface area contributed by atoms with Gasteiger partial charge in [0.05, 0.1) is 6.61 Å². The van der Waals surface area contributed by atoms with Gasteiger partial charge in [0, 0.05) is 18.8 Å². The van der Waals surface area contributed by atoms with E-state index in [1.165, 1.54) is 0 Å². The highest BCUT2D eigenvalue weighted by molar-refractivity contribution is 5.83. The van der Waals surface area contributed by atoms with Gasteiger partial charge in [0.25, 0.3) is 0 Å². The Morgan fingerprint density at radius 2 is 2.36 bits per heavy atom. The molecule has 0 radical (unpaired) electrons. The molecule has 1 aliphatic rings. The number of carbonyl (C=O) groups is 2. The van der Waals surface area contributed by atoms with E-state index in [2.05, 4.69) is 0 Å². The molecule has 1 aliphatic carbocycles. The zero-order chi connectivity index (χ0) is 10.6. The van der Waals surface area contributed by atoms with Crippen molar-refractivity contribution in [3.8, 4) is 0 Å².